The molecular weight excluding hydrogens is 563 g/mol. The van der Waals surface area contributed by atoms with Crippen molar-refractivity contribution in [1.82, 2.24) is 29.5 Å². The number of rotatable bonds is 7. The number of aromatic nitrogens is 4. The summed E-state index contributed by atoms with van der Waals surface area (Å²) in [6.45, 7) is 7.20. The molecule has 14 heteroatoms. The second-order valence-electron chi connectivity index (χ2n) is 10.8. The quantitative estimate of drug-likeness (QED) is 0.411. The van der Waals surface area contributed by atoms with Crippen LogP contribution in [0.15, 0.2) is 41.8 Å². The normalized spacial score (nSPS) is 19.4. The summed E-state index contributed by atoms with van der Waals surface area (Å²) in [6.07, 6.45) is -0.125. The zero-order chi connectivity index (χ0) is 30.9. The van der Waals surface area contributed by atoms with Gasteiger partial charge in [0.1, 0.15) is 11.3 Å². The number of nitrogens with zero attached hydrogens (tertiary/aromatic N) is 8. The second kappa shape index (κ2) is 12.0. The summed E-state index contributed by atoms with van der Waals surface area (Å²) < 4.78 is 42.9. The van der Waals surface area contributed by atoms with E-state index in [0.29, 0.717) is 18.9 Å². The van der Waals surface area contributed by atoms with Crippen molar-refractivity contribution in [2.45, 2.75) is 44.4 Å². The summed E-state index contributed by atoms with van der Waals surface area (Å²) in [6, 6.07) is 5.85. The Kier molecular flexibility index (Phi) is 8.36. The van der Waals surface area contributed by atoms with Gasteiger partial charge in [0.05, 0.1) is 41.4 Å². The number of benzene rings is 1. The summed E-state index contributed by atoms with van der Waals surface area (Å²) in [4.78, 5) is 41.1. The lowest BCUT2D eigenvalue weighted by Gasteiger charge is -2.41. The first-order valence-electron chi connectivity index (χ1n) is 14.0. The Morgan fingerprint density at radius 3 is 2.70 bits per heavy atom. The highest BCUT2D eigenvalue weighted by molar-refractivity contribution is 5.90. The lowest BCUT2D eigenvalue weighted by molar-refractivity contribution is -0.138. The van der Waals surface area contributed by atoms with Crippen LogP contribution in [0.4, 0.5) is 24.9 Å². The number of nitriles is 1. The van der Waals surface area contributed by atoms with E-state index >= 15 is 0 Å². The Labute approximate surface area is 246 Å². The van der Waals surface area contributed by atoms with Crippen LogP contribution in [0.1, 0.15) is 30.4 Å². The third-order valence-electron chi connectivity index (χ3n) is 8.12. The number of hydrogen-bond acceptors (Lipinski definition) is 9. The molecule has 3 aromatic rings. The van der Waals surface area contributed by atoms with Gasteiger partial charge in [-0.3, -0.25) is 9.59 Å². The number of nitrogens with one attached hydrogen (secondary N) is 1. The highest BCUT2D eigenvalue weighted by Crippen LogP contribution is 2.36. The molecule has 2 saturated heterocycles. The minimum atomic E-state index is -4.72. The number of anilines is 2. The number of amides is 1. The van der Waals surface area contributed by atoms with E-state index < -0.39 is 29.0 Å². The van der Waals surface area contributed by atoms with Gasteiger partial charge in [-0.05, 0) is 51.1 Å². The van der Waals surface area contributed by atoms with E-state index in [1.165, 1.54) is 37.4 Å². The molecule has 0 spiro atoms. The Morgan fingerprint density at radius 2 is 2.02 bits per heavy atom. The van der Waals surface area contributed by atoms with E-state index in [1.54, 1.807) is 4.90 Å². The van der Waals surface area contributed by atoms with Crippen LogP contribution in [-0.2, 0) is 11.0 Å². The van der Waals surface area contributed by atoms with Crippen LogP contribution in [0, 0.1) is 18.3 Å². The first-order chi connectivity index (χ1) is 20.5. The van der Waals surface area contributed by atoms with Crippen LogP contribution in [0.3, 0.4) is 0 Å². The predicted molar refractivity (Wildman–Crippen MR) is 155 cm³/mol. The smallest absolute Gasteiger partial charge is 0.353 e. The Hall–Kier alpha value is -4.51. The van der Waals surface area contributed by atoms with Gasteiger partial charge < -0.3 is 20.0 Å². The van der Waals surface area contributed by atoms with Gasteiger partial charge in [0.25, 0.3) is 5.56 Å². The number of aryl methyl sites for hydroxylation is 1. The molecule has 0 radical (unpaired) electrons. The molecule has 2 fully saturated rings. The number of likely N-dealkylation sites (N-methyl/N-ethyl adjacent to an activating group) is 1. The Bertz CT molecular complexity index is 1650. The zero-order valence-corrected chi connectivity index (χ0v) is 23.9. The van der Waals surface area contributed by atoms with Gasteiger partial charge in [-0.1, -0.05) is 18.7 Å². The van der Waals surface area contributed by atoms with Crippen molar-refractivity contribution in [3.05, 3.63) is 58.5 Å². The largest absolute Gasteiger partial charge is 0.418 e. The van der Waals surface area contributed by atoms with Crippen molar-refractivity contribution in [2.75, 3.05) is 50.0 Å². The number of hydrogen-bond donors (Lipinski definition) is 1. The molecule has 2 aromatic heterocycles. The predicted octanol–water partition coefficient (Wildman–Crippen LogP) is 3.13. The van der Waals surface area contributed by atoms with Crippen LogP contribution < -0.4 is 15.8 Å². The fraction of sp³-hybridized carbons (Fsp3) is 0.448. The van der Waals surface area contributed by atoms with Gasteiger partial charge >= 0.3 is 6.18 Å². The number of piperazine rings is 1. The molecule has 4 heterocycles. The third kappa shape index (κ3) is 5.90. The topological polar surface area (TPSA) is 123 Å². The van der Waals surface area contributed by atoms with Crippen LogP contribution in [0.25, 0.3) is 16.6 Å². The van der Waals surface area contributed by atoms with E-state index in [2.05, 4.69) is 32.9 Å². The maximum atomic E-state index is 14.1. The molecule has 226 valence electrons. The molecular formula is C29H32F3N9O2. The molecule has 1 amide bonds. The molecule has 0 saturated carbocycles. The third-order valence-corrected chi connectivity index (χ3v) is 8.12. The fourth-order valence-corrected chi connectivity index (χ4v) is 5.88. The van der Waals surface area contributed by atoms with Crippen molar-refractivity contribution < 1.29 is 18.0 Å². The molecule has 11 nitrogen and oxygen atoms in total. The van der Waals surface area contributed by atoms with Gasteiger partial charge in [0.15, 0.2) is 0 Å². The van der Waals surface area contributed by atoms with Crippen molar-refractivity contribution in [3.63, 3.8) is 0 Å². The number of carbonyl (C=O) groups is 1. The fourth-order valence-electron chi connectivity index (χ4n) is 5.88. The molecule has 1 N–H and O–H groups in total. The second-order valence-corrected chi connectivity index (χ2v) is 10.8. The van der Waals surface area contributed by atoms with Gasteiger partial charge in [0, 0.05) is 32.2 Å². The Morgan fingerprint density at radius 1 is 1.23 bits per heavy atom. The minimum absolute atomic E-state index is 0.0410. The average molecular weight is 596 g/mol. The average Bonchev–Trinajstić information content (AvgIpc) is 3.39. The first-order valence-corrected chi connectivity index (χ1v) is 14.0. The number of fused-ring (bicyclic) bond motifs is 1. The molecule has 2 aliphatic rings. The van der Waals surface area contributed by atoms with Crippen LogP contribution in [0.5, 0.6) is 0 Å². The SMILES string of the molecule is C=CC(=O)N1CCN(c2nc(NC[C@@H]3CCCN3C)nc3c(=O)n(-c4cccc(C)c4C(F)(F)F)ncc23)C[C@@H]1CC#N. The lowest BCUT2D eigenvalue weighted by atomic mass is 10.1. The summed E-state index contributed by atoms with van der Waals surface area (Å²) in [5.41, 5.74) is -2.32. The first kappa shape index (κ1) is 30.0. The minimum Gasteiger partial charge on any atom is -0.353 e. The van der Waals surface area contributed by atoms with Crippen LogP contribution in [0.2, 0.25) is 0 Å². The molecule has 2 aliphatic heterocycles. The summed E-state index contributed by atoms with van der Waals surface area (Å²) >= 11 is 0. The van der Waals surface area contributed by atoms with Crippen LogP contribution in [-0.4, -0.2) is 87.3 Å². The number of likely N-dealkylation sites (tertiary alicyclic amines) is 1. The van der Waals surface area contributed by atoms with Crippen molar-refractivity contribution in [1.29, 1.82) is 5.26 Å². The van der Waals surface area contributed by atoms with E-state index in [0.717, 1.165) is 24.1 Å². The highest BCUT2D eigenvalue weighted by Gasteiger charge is 2.37. The van der Waals surface area contributed by atoms with Gasteiger partial charge in [-0.25, -0.2) is 4.98 Å². The molecule has 2 atom stereocenters. The van der Waals surface area contributed by atoms with E-state index in [4.69, 9.17) is 4.98 Å². The molecule has 0 aliphatic carbocycles. The summed E-state index contributed by atoms with van der Waals surface area (Å²) in [5, 5.41) is 17.1. The number of halogens is 3. The maximum absolute atomic E-state index is 14.1. The Balaban J connectivity index is 1.63. The zero-order valence-electron chi connectivity index (χ0n) is 23.9. The number of carbonyl (C=O) groups excluding carboxylic acids is 1. The highest BCUT2D eigenvalue weighted by atomic mass is 19.4. The van der Waals surface area contributed by atoms with E-state index in [1.807, 2.05) is 11.9 Å². The standard InChI is InChI=1S/C29H32F3N9O2/c1-4-23(42)40-14-13-39(17-20(40)10-11-33)26-21-16-35-41(22-9-5-7-18(2)24(22)29(30,31)32)27(43)25(21)36-28(37-26)34-15-19-8-6-12-38(19)3/h4-5,7,9,16,19-20H,1,6,8,10,12-15,17H2,2-3H3,(H,34,36,37)/t19-,20-/m0/s1. The van der Waals surface area contributed by atoms with E-state index in [9.17, 15) is 28.0 Å². The summed E-state index contributed by atoms with van der Waals surface area (Å²) in [7, 11) is 2.02. The van der Waals surface area contributed by atoms with Crippen molar-refractivity contribution in [2.24, 2.45) is 0 Å². The molecule has 0 bridgehead atoms. The molecule has 5 rings (SSSR count). The van der Waals surface area contributed by atoms with Gasteiger partial charge in [-0.15, -0.1) is 0 Å². The van der Waals surface area contributed by atoms with Crippen molar-refractivity contribution in [3.8, 4) is 11.8 Å². The lowest BCUT2D eigenvalue weighted by Crippen LogP contribution is -2.55. The summed E-state index contributed by atoms with van der Waals surface area (Å²) in [5.74, 6) is 0.205. The molecule has 1 aromatic carbocycles. The van der Waals surface area contributed by atoms with Crippen LogP contribution >= 0.6 is 0 Å². The van der Waals surface area contributed by atoms with Gasteiger partial charge in [-0.2, -0.15) is 33.2 Å². The molecule has 0 unspecified atom stereocenters. The monoisotopic (exact) mass is 595 g/mol. The molecule has 43 heavy (non-hydrogen) atoms. The van der Waals surface area contributed by atoms with Crippen molar-refractivity contribution >= 4 is 28.6 Å². The maximum Gasteiger partial charge on any atom is 0.418 e. The van der Waals surface area contributed by atoms with E-state index in [-0.39, 0.29) is 53.9 Å². The number of alkyl halides is 3. The van der Waals surface area contributed by atoms with Gasteiger partial charge in [0.2, 0.25) is 11.9 Å².